The van der Waals surface area contributed by atoms with Gasteiger partial charge in [-0.05, 0) is 39.0 Å². The second kappa shape index (κ2) is 5.81. The van der Waals surface area contributed by atoms with Gasteiger partial charge in [-0.15, -0.1) is 0 Å². The summed E-state index contributed by atoms with van der Waals surface area (Å²) in [5.41, 5.74) is -0.585. The third kappa shape index (κ3) is 3.31. The Morgan fingerprint density at radius 1 is 1.38 bits per heavy atom. The highest BCUT2D eigenvalue weighted by Crippen LogP contribution is 2.35. The van der Waals surface area contributed by atoms with E-state index in [4.69, 9.17) is 4.74 Å². The van der Waals surface area contributed by atoms with Gasteiger partial charge in [0.05, 0.1) is 0 Å². The molecule has 1 saturated carbocycles. The molecule has 0 heterocycles. The molecule has 0 aromatic heterocycles. The molecule has 0 aromatic rings. The van der Waals surface area contributed by atoms with Crippen LogP contribution < -0.4 is 0 Å². The first kappa shape index (κ1) is 13.7. The van der Waals surface area contributed by atoms with E-state index in [0.717, 1.165) is 19.3 Å². The molecule has 0 radical (unpaired) electrons. The second-order valence-corrected chi connectivity index (χ2v) is 5.59. The van der Waals surface area contributed by atoms with Crippen molar-refractivity contribution in [1.29, 1.82) is 0 Å². The van der Waals surface area contributed by atoms with Crippen molar-refractivity contribution in [1.82, 2.24) is 0 Å². The fourth-order valence-electron chi connectivity index (χ4n) is 2.52. The highest BCUT2D eigenvalue weighted by Gasteiger charge is 2.38. The van der Waals surface area contributed by atoms with Crippen molar-refractivity contribution < 1.29 is 9.53 Å². The average Bonchev–Trinajstić information content (AvgIpc) is 2.63. The first-order valence-corrected chi connectivity index (χ1v) is 6.67. The number of rotatable bonds is 6. The van der Waals surface area contributed by atoms with Crippen molar-refractivity contribution in [2.75, 3.05) is 6.61 Å². The van der Waals surface area contributed by atoms with Crippen LogP contribution in [0.3, 0.4) is 0 Å². The summed E-state index contributed by atoms with van der Waals surface area (Å²) >= 11 is 0. The number of unbranched alkanes of at least 4 members (excludes halogenated alkanes) is 1. The summed E-state index contributed by atoms with van der Waals surface area (Å²) in [6.07, 6.45) is 5.60. The molecule has 0 amide bonds. The van der Waals surface area contributed by atoms with Gasteiger partial charge in [0.2, 0.25) is 0 Å². The predicted octanol–water partition coefficient (Wildman–Crippen LogP) is 3.59. The van der Waals surface area contributed by atoms with Crippen LogP contribution in [-0.2, 0) is 9.53 Å². The molecule has 1 aliphatic rings. The molecule has 2 unspecified atom stereocenters. The van der Waals surface area contributed by atoms with Crippen molar-refractivity contribution >= 4 is 5.78 Å². The van der Waals surface area contributed by atoms with E-state index in [9.17, 15) is 4.79 Å². The molecular weight excluding hydrogens is 200 g/mol. The summed E-state index contributed by atoms with van der Waals surface area (Å²) in [6.45, 7) is 8.89. The summed E-state index contributed by atoms with van der Waals surface area (Å²) in [4.78, 5) is 12.3. The summed E-state index contributed by atoms with van der Waals surface area (Å²) in [7, 11) is 0. The van der Waals surface area contributed by atoms with Crippen molar-refractivity contribution in [2.45, 2.75) is 65.4 Å². The monoisotopic (exact) mass is 226 g/mol. The molecule has 2 atom stereocenters. The lowest BCUT2D eigenvalue weighted by molar-refractivity contribution is -0.145. The minimum atomic E-state index is -0.585. The summed E-state index contributed by atoms with van der Waals surface area (Å²) in [5.74, 6) is 1.09. The van der Waals surface area contributed by atoms with E-state index in [0.29, 0.717) is 18.3 Å². The van der Waals surface area contributed by atoms with Crippen LogP contribution in [-0.4, -0.2) is 18.0 Å². The van der Waals surface area contributed by atoms with Gasteiger partial charge < -0.3 is 4.74 Å². The van der Waals surface area contributed by atoms with Crippen LogP contribution in [0.2, 0.25) is 0 Å². The number of hydrogen-bond acceptors (Lipinski definition) is 2. The molecule has 1 rings (SSSR count). The topological polar surface area (TPSA) is 26.3 Å². The Labute approximate surface area is 99.8 Å². The summed E-state index contributed by atoms with van der Waals surface area (Å²) in [6, 6.07) is 0. The summed E-state index contributed by atoms with van der Waals surface area (Å²) < 4.78 is 5.74. The van der Waals surface area contributed by atoms with Crippen molar-refractivity contribution in [3.8, 4) is 0 Å². The molecule has 0 N–H and O–H groups in total. The number of ether oxygens (including phenoxy) is 1. The maximum Gasteiger partial charge on any atom is 0.167 e. The largest absolute Gasteiger partial charge is 0.368 e. The Morgan fingerprint density at radius 2 is 2.06 bits per heavy atom. The maximum absolute atomic E-state index is 12.3. The predicted molar refractivity (Wildman–Crippen MR) is 66.5 cm³/mol. The van der Waals surface area contributed by atoms with Gasteiger partial charge in [0.15, 0.2) is 5.78 Å². The molecule has 1 aliphatic carbocycles. The van der Waals surface area contributed by atoms with Gasteiger partial charge in [0.1, 0.15) is 5.60 Å². The Morgan fingerprint density at radius 3 is 2.56 bits per heavy atom. The lowest BCUT2D eigenvalue weighted by Crippen LogP contribution is -2.40. The molecule has 0 aliphatic heterocycles. The van der Waals surface area contributed by atoms with Gasteiger partial charge >= 0.3 is 0 Å². The zero-order valence-corrected chi connectivity index (χ0v) is 11.2. The zero-order valence-electron chi connectivity index (χ0n) is 11.2. The first-order valence-electron chi connectivity index (χ1n) is 6.67. The number of ketones is 1. The van der Waals surface area contributed by atoms with Crippen LogP contribution in [0.15, 0.2) is 0 Å². The number of Topliss-reactive ketones (excluding diaryl/α,β-unsaturated/α-hetero) is 1. The fourth-order valence-corrected chi connectivity index (χ4v) is 2.52. The Hall–Kier alpha value is -0.370. The molecule has 0 bridgehead atoms. The van der Waals surface area contributed by atoms with E-state index < -0.39 is 5.60 Å². The molecule has 2 heteroatoms. The highest BCUT2D eigenvalue weighted by atomic mass is 16.5. The van der Waals surface area contributed by atoms with Gasteiger partial charge in [-0.1, -0.05) is 26.7 Å². The Kier molecular flexibility index (Phi) is 4.97. The normalized spacial score (nSPS) is 26.0. The summed E-state index contributed by atoms with van der Waals surface area (Å²) in [5, 5.41) is 0. The van der Waals surface area contributed by atoms with Gasteiger partial charge in [-0.25, -0.2) is 0 Å². The average molecular weight is 226 g/mol. The van der Waals surface area contributed by atoms with Crippen molar-refractivity contribution in [3.63, 3.8) is 0 Å². The van der Waals surface area contributed by atoms with Crippen molar-refractivity contribution in [3.05, 3.63) is 0 Å². The van der Waals surface area contributed by atoms with E-state index in [1.807, 2.05) is 13.8 Å². The third-order valence-electron chi connectivity index (χ3n) is 3.75. The van der Waals surface area contributed by atoms with Gasteiger partial charge in [0, 0.05) is 12.5 Å². The molecule has 0 saturated heterocycles. The highest BCUT2D eigenvalue weighted by molar-refractivity contribution is 5.89. The number of carbonyl (C=O) groups excluding carboxylic acids is 1. The van der Waals surface area contributed by atoms with Crippen LogP contribution in [0, 0.1) is 11.8 Å². The zero-order chi connectivity index (χ0) is 12.2. The first-order chi connectivity index (χ1) is 7.49. The van der Waals surface area contributed by atoms with Gasteiger partial charge in [-0.3, -0.25) is 4.79 Å². The lowest BCUT2D eigenvalue weighted by atomic mass is 9.85. The minimum absolute atomic E-state index is 0.233. The minimum Gasteiger partial charge on any atom is -0.368 e. The number of hydrogen-bond donors (Lipinski definition) is 0. The van der Waals surface area contributed by atoms with E-state index >= 15 is 0 Å². The third-order valence-corrected chi connectivity index (χ3v) is 3.75. The smallest absolute Gasteiger partial charge is 0.167 e. The molecule has 0 aromatic carbocycles. The molecule has 0 spiro atoms. The van der Waals surface area contributed by atoms with E-state index in [-0.39, 0.29) is 5.92 Å². The molecular formula is C14H26O2. The molecule has 2 nitrogen and oxygen atoms in total. The van der Waals surface area contributed by atoms with Crippen LogP contribution in [0.1, 0.15) is 59.8 Å². The maximum atomic E-state index is 12.3. The van der Waals surface area contributed by atoms with Crippen LogP contribution in [0.5, 0.6) is 0 Å². The van der Waals surface area contributed by atoms with E-state index in [1.165, 1.54) is 12.8 Å². The molecule has 16 heavy (non-hydrogen) atoms. The van der Waals surface area contributed by atoms with Crippen LogP contribution >= 0.6 is 0 Å². The quantitative estimate of drug-likeness (QED) is 0.647. The molecule has 94 valence electrons. The molecule has 1 fully saturated rings. The van der Waals surface area contributed by atoms with Crippen LogP contribution in [0.4, 0.5) is 0 Å². The van der Waals surface area contributed by atoms with E-state index in [1.54, 1.807) is 0 Å². The second-order valence-electron chi connectivity index (χ2n) is 5.59. The standard InChI is InChI=1S/C14H26O2/c1-5-6-10-16-14(3,4)13(15)12-9-7-8-11(12)2/h11-12H,5-10H2,1-4H3. The SMILES string of the molecule is CCCCOC(C)(C)C(=O)C1CCCC1C. The number of carbonyl (C=O) groups is 1. The van der Waals surface area contributed by atoms with Gasteiger partial charge in [-0.2, -0.15) is 0 Å². The van der Waals surface area contributed by atoms with Crippen LogP contribution in [0.25, 0.3) is 0 Å². The van der Waals surface area contributed by atoms with Gasteiger partial charge in [0.25, 0.3) is 0 Å². The Balaban J connectivity index is 2.50. The lowest BCUT2D eigenvalue weighted by Gasteiger charge is -2.28. The Bertz CT molecular complexity index is 233. The van der Waals surface area contributed by atoms with E-state index in [2.05, 4.69) is 13.8 Å². The fraction of sp³-hybridized carbons (Fsp3) is 0.929. The van der Waals surface area contributed by atoms with Crippen molar-refractivity contribution in [2.24, 2.45) is 11.8 Å².